The average Bonchev–Trinajstić information content (AvgIpc) is 3.19. The normalized spacial score (nSPS) is 11.4. The fraction of sp³-hybridized carbons (Fsp3) is 0.321. The van der Waals surface area contributed by atoms with Gasteiger partial charge < -0.3 is 10.1 Å². The number of pyridine rings is 1. The van der Waals surface area contributed by atoms with Gasteiger partial charge in [-0.25, -0.2) is 9.67 Å². The Balaban J connectivity index is 1.68. The molecule has 0 saturated carbocycles. The Morgan fingerprint density at radius 1 is 1.03 bits per heavy atom. The zero-order valence-electron chi connectivity index (χ0n) is 20.6. The van der Waals surface area contributed by atoms with E-state index < -0.39 is 0 Å². The maximum absolute atomic E-state index is 13.2. The van der Waals surface area contributed by atoms with Gasteiger partial charge in [-0.3, -0.25) is 4.79 Å². The molecular formula is C28H32N4O2. The number of nitrogens with one attached hydrogen (secondary N) is 1. The van der Waals surface area contributed by atoms with Crippen LogP contribution in [0, 0.1) is 20.8 Å². The number of aromatic nitrogens is 3. The lowest BCUT2D eigenvalue weighted by Gasteiger charge is -2.12. The van der Waals surface area contributed by atoms with E-state index in [0.29, 0.717) is 18.7 Å². The minimum Gasteiger partial charge on any atom is -0.379 e. The second kappa shape index (κ2) is 10.2. The summed E-state index contributed by atoms with van der Waals surface area (Å²) in [5.74, 6) is -0.104. The summed E-state index contributed by atoms with van der Waals surface area (Å²) >= 11 is 0. The first-order valence-electron chi connectivity index (χ1n) is 11.8. The second-order valence-electron chi connectivity index (χ2n) is 9.00. The lowest BCUT2D eigenvalue weighted by atomic mass is 10.0. The predicted octanol–water partition coefficient (Wildman–Crippen LogP) is 5.56. The van der Waals surface area contributed by atoms with E-state index in [4.69, 9.17) is 9.72 Å². The van der Waals surface area contributed by atoms with Gasteiger partial charge in [0.1, 0.15) is 0 Å². The van der Waals surface area contributed by atoms with Crippen molar-refractivity contribution in [3.8, 4) is 16.9 Å². The standard InChI is InChI=1S/C28H32N4O2/c1-18(2)34-14-6-13-29-28(33)24-16-27(31-26-12-9-20(4)15-23(24)26)25-17-30-32(21(25)5)22-10-7-19(3)8-11-22/h7-12,15-18H,6,13-14H2,1-5H3,(H,29,33). The maximum atomic E-state index is 13.2. The van der Waals surface area contributed by atoms with Gasteiger partial charge in [0.25, 0.3) is 5.91 Å². The SMILES string of the molecule is Cc1ccc(-n2ncc(-c3cc(C(=O)NCCCOC(C)C)c4cc(C)ccc4n3)c2C)cc1. The Kier molecular flexibility index (Phi) is 7.08. The van der Waals surface area contributed by atoms with Gasteiger partial charge in [0.2, 0.25) is 0 Å². The van der Waals surface area contributed by atoms with E-state index in [1.165, 1.54) is 5.56 Å². The number of benzene rings is 2. The quantitative estimate of drug-likeness (QED) is 0.353. The number of amides is 1. The molecule has 6 heteroatoms. The summed E-state index contributed by atoms with van der Waals surface area (Å²) in [5.41, 5.74) is 7.31. The minimum absolute atomic E-state index is 0.104. The highest BCUT2D eigenvalue weighted by Crippen LogP contribution is 2.29. The van der Waals surface area contributed by atoms with Gasteiger partial charge in [-0.1, -0.05) is 29.3 Å². The Morgan fingerprint density at radius 3 is 2.50 bits per heavy atom. The Labute approximate surface area is 201 Å². The molecule has 1 amide bonds. The summed E-state index contributed by atoms with van der Waals surface area (Å²) in [7, 11) is 0. The molecule has 0 atom stereocenters. The lowest BCUT2D eigenvalue weighted by Crippen LogP contribution is -2.26. The zero-order chi connectivity index (χ0) is 24.2. The highest BCUT2D eigenvalue weighted by atomic mass is 16.5. The van der Waals surface area contributed by atoms with Crippen molar-refractivity contribution in [3.05, 3.63) is 77.1 Å². The fourth-order valence-corrected chi connectivity index (χ4v) is 3.96. The third-order valence-corrected chi connectivity index (χ3v) is 5.83. The van der Waals surface area contributed by atoms with Crippen molar-refractivity contribution in [2.75, 3.05) is 13.2 Å². The van der Waals surface area contributed by atoms with E-state index in [0.717, 1.165) is 45.5 Å². The molecule has 1 N–H and O–H groups in total. The van der Waals surface area contributed by atoms with Crippen LogP contribution in [0.15, 0.2) is 54.7 Å². The van der Waals surface area contributed by atoms with Crippen molar-refractivity contribution >= 4 is 16.8 Å². The molecule has 0 fully saturated rings. The van der Waals surface area contributed by atoms with E-state index in [1.807, 2.05) is 62.8 Å². The molecule has 2 aromatic heterocycles. The number of nitrogens with zero attached hydrogens (tertiary/aromatic N) is 3. The molecule has 2 aromatic carbocycles. The Morgan fingerprint density at radius 2 is 1.76 bits per heavy atom. The van der Waals surface area contributed by atoms with Crippen LogP contribution in [0.4, 0.5) is 0 Å². The molecule has 0 spiro atoms. The van der Waals surface area contributed by atoms with Crippen LogP contribution in [-0.2, 0) is 4.74 Å². The molecule has 6 nitrogen and oxygen atoms in total. The van der Waals surface area contributed by atoms with Crippen LogP contribution in [0.3, 0.4) is 0 Å². The fourth-order valence-electron chi connectivity index (χ4n) is 3.96. The van der Waals surface area contributed by atoms with Crippen LogP contribution in [0.5, 0.6) is 0 Å². The van der Waals surface area contributed by atoms with Crippen LogP contribution in [-0.4, -0.2) is 39.9 Å². The van der Waals surface area contributed by atoms with Gasteiger partial charge >= 0.3 is 0 Å². The van der Waals surface area contributed by atoms with Gasteiger partial charge in [-0.05, 0) is 71.4 Å². The first kappa shape index (κ1) is 23.6. The van der Waals surface area contributed by atoms with Gasteiger partial charge in [0.05, 0.1) is 40.5 Å². The van der Waals surface area contributed by atoms with Crippen molar-refractivity contribution in [1.29, 1.82) is 0 Å². The van der Waals surface area contributed by atoms with Gasteiger partial charge in [-0.15, -0.1) is 0 Å². The molecule has 0 aliphatic rings. The van der Waals surface area contributed by atoms with Crippen molar-refractivity contribution in [3.63, 3.8) is 0 Å². The molecule has 0 bridgehead atoms. The van der Waals surface area contributed by atoms with Gasteiger partial charge in [-0.2, -0.15) is 5.10 Å². The van der Waals surface area contributed by atoms with E-state index >= 15 is 0 Å². The maximum Gasteiger partial charge on any atom is 0.252 e. The van der Waals surface area contributed by atoms with Crippen molar-refractivity contribution in [1.82, 2.24) is 20.1 Å². The van der Waals surface area contributed by atoms with Crippen molar-refractivity contribution < 1.29 is 9.53 Å². The van der Waals surface area contributed by atoms with Crippen molar-refractivity contribution in [2.24, 2.45) is 0 Å². The number of hydrogen-bond donors (Lipinski definition) is 1. The van der Waals surface area contributed by atoms with E-state index in [2.05, 4.69) is 41.6 Å². The molecule has 34 heavy (non-hydrogen) atoms. The summed E-state index contributed by atoms with van der Waals surface area (Å²) in [5, 5.41) is 8.50. The molecule has 4 rings (SSSR count). The molecular weight excluding hydrogens is 424 g/mol. The second-order valence-corrected chi connectivity index (χ2v) is 9.00. The summed E-state index contributed by atoms with van der Waals surface area (Å²) < 4.78 is 7.49. The third-order valence-electron chi connectivity index (χ3n) is 5.83. The smallest absolute Gasteiger partial charge is 0.252 e. The molecule has 0 saturated heterocycles. The van der Waals surface area contributed by atoms with Crippen LogP contribution < -0.4 is 5.32 Å². The predicted molar refractivity (Wildman–Crippen MR) is 137 cm³/mol. The molecule has 0 radical (unpaired) electrons. The molecule has 4 aromatic rings. The number of aryl methyl sites for hydroxylation is 2. The van der Waals surface area contributed by atoms with Crippen LogP contribution in [0.25, 0.3) is 27.8 Å². The van der Waals surface area contributed by atoms with Crippen LogP contribution in [0.2, 0.25) is 0 Å². The number of carbonyl (C=O) groups is 1. The first-order valence-corrected chi connectivity index (χ1v) is 11.8. The Bertz CT molecular complexity index is 1310. The van der Waals surface area contributed by atoms with Crippen molar-refractivity contribution in [2.45, 2.75) is 47.1 Å². The molecule has 0 unspecified atom stereocenters. The molecule has 0 aliphatic heterocycles. The summed E-state index contributed by atoms with van der Waals surface area (Å²) in [6.45, 7) is 11.3. The van der Waals surface area contributed by atoms with Gasteiger partial charge in [0, 0.05) is 24.1 Å². The third kappa shape index (κ3) is 5.18. The highest BCUT2D eigenvalue weighted by Gasteiger charge is 2.17. The zero-order valence-corrected chi connectivity index (χ0v) is 20.6. The number of ether oxygens (including phenoxy) is 1. The molecule has 176 valence electrons. The van der Waals surface area contributed by atoms with E-state index in [1.54, 1.807) is 0 Å². The molecule has 2 heterocycles. The largest absolute Gasteiger partial charge is 0.379 e. The number of hydrogen-bond acceptors (Lipinski definition) is 4. The van der Waals surface area contributed by atoms with Crippen LogP contribution >= 0.6 is 0 Å². The molecule has 0 aliphatic carbocycles. The summed E-state index contributed by atoms with van der Waals surface area (Å²) in [4.78, 5) is 18.1. The number of rotatable bonds is 8. The minimum atomic E-state index is -0.104. The number of carbonyl (C=O) groups excluding carboxylic acids is 1. The van der Waals surface area contributed by atoms with E-state index in [-0.39, 0.29) is 12.0 Å². The summed E-state index contributed by atoms with van der Waals surface area (Å²) in [6, 6.07) is 16.1. The monoisotopic (exact) mass is 456 g/mol. The van der Waals surface area contributed by atoms with Gasteiger partial charge in [0.15, 0.2) is 0 Å². The Hall–Kier alpha value is -3.51. The number of fused-ring (bicyclic) bond motifs is 1. The van der Waals surface area contributed by atoms with Crippen LogP contribution in [0.1, 0.15) is 47.4 Å². The topological polar surface area (TPSA) is 69.0 Å². The highest BCUT2D eigenvalue weighted by molar-refractivity contribution is 6.07. The first-order chi connectivity index (χ1) is 16.3. The lowest BCUT2D eigenvalue weighted by molar-refractivity contribution is 0.0757. The summed E-state index contributed by atoms with van der Waals surface area (Å²) in [6.07, 6.45) is 2.78. The average molecular weight is 457 g/mol. The van der Waals surface area contributed by atoms with E-state index in [9.17, 15) is 4.79 Å².